The van der Waals surface area contributed by atoms with Crippen molar-refractivity contribution >= 4 is 11.8 Å². The van der Waals surface area contributed by atoms with E-state index >= 15 is 0 Å². The fourth-order valence-electron chi connectivity index (χ4n) is 1.35. The average Bonchev–Trinajstić information content (AvgIpc) is 2.45. The Morgan fingerprint density at radius 3 is 2.26 bits per heavy atom. The summed E-state index contributed by atoms with van der Waals surface area (Å²) in [5, 5.41) is 4.97. The Morgan fingerprint density at radius 1 is 1.05 bits per heavy atom. The van der Waals surface area contributed by atoms with Gasteiger partial charge in [0.05, 0.1) is 13.7 Å². The molecule has 0 atom stereocenters. The highest BCUT2D eigenvalue weighted by Gasteiger charge is 2.11. The van der Waals surface area contributed by atoms with Crippen molar-refractivity contribution in [1.82, 2.24) is 10.6 Å². The van der Waals surface area contributed by atoms with E-state index in [1.807, 2.05) is 12.1 Å². The first-order chi connectivity index (χ1) is 9.17. The van der Waals surface area contributed by atoms with Crippen LogP contribution in [-0.2, 0) is 20.9 Å². The first-order valence-corrected chi connectivity index (χ1v) is 5.85. The van der Waals surface area contributed by atoms with Gasteiger partial charge in [-0.25, -0.2) is 0 Å². The monoisotopic (exact) mass is 266 g/mol. The number of rotatable bonds is 6. The molecule has 0 aliphatic carbocycles. The van der Waals surface area contributed by atoms with Crippen molar-refractivity contribution in [3.05, 3.63) is 29.8 Å². The van der Waals surface area contributed by atoms with Crippen molar-refractivity contribution in [2.45, 2.75) is 6.54 Å². The summed E-state index contributed by atoms with van der Waals surface area (Å²) in [6.45, 7) is 0.976. The topological polar surface area (TPSA) is 76.7 Å². The van der Waals surface area contributed by atoms with Crippen molar-refractivity contribution in [2.24, 2.45) is 0 Å². The predicted octanol–water partition coefficient (Wildman–Crippen LogP) is 0.0740. The van der Waals surface area contributed by atoms with Gasteiger partial charge in [0.1, 0.15) is 5.75 Å². The van der Waals surface area contributed by atoms with Crippen LogP contribution in [0.15, 0.2) is 24.3 Å². The summed E-state index contributed by atoms with van der Waals surface area (Å²) in [5.41, 5.74) is 0.888. The van der Waals surface area contributed by atoms with Crippen LogP contribution in [0.4, 0.5) is 0 Å². The highest BCUT2D eigenvalue weighted by Crippen LogP contribution is 2.10. The fraction of sp³-hybridized carbons (Fsp3) is 0.385. The molecule has 0 aliphatic rings. The molecule has 0 bridgehead atoms. The van der Waals surface area contributed by atoms with E-state index in [0.29, 0.717) is 19.7 Å². The molecule has 0 saturated carbocycles. The number of hydrogen-bond donors (Lipinski definition) is 2. The number of benzene rings is 1. The van der Waals surface area contributed by atoms with Crippen molar-refractivity contribution < 1.29 is 19.1 Å². The molecular formula is C13H18N2O4. The Bertz CT molecular complexity index is 417. The summed E-state index contributed by atoms with van der Waals surface area (Å²) in [6.07, 6.45) is 0. The number of ether oxygens (including phenoxy) is 2. The molecule has 0 aromatic heterocycles. The van der Waals surface area contributed by atoms with Gasteiger partial charge in [0.2, 0.25) is 0 Å². The Kier molecular flexibility index (Phi) is 6.38. The van der Waals surface area contributed by atoms with E-state index in [4.69, 9.17) is 9.47 Å². The van der Waals surface area contributed by atoms with Crippen LogP contribution in [0.5, 0.6) is 5.75 Å². The normalized spacial score (nSPS) is 9.79. The highest BCUT2D eigenvalue weighted by atomic mass is 16.5. The first kappa shape index (κ1) is 15.0. The van der Waals surface area contributed by atoms with Crippen LogP contribution in [0.1, 0.15) is 5.56 Å². The van der Waals surface area contributed by atoms with Crippen LogP contribution in [0, 0.1) is 0 Å². The summed E-state index contributed by atoms with van der Waals surface area (Å²) in [5.74, 6) is -0.579. The third kappa shape index (κ3) is 5.39. The van der Waals surface area contributed by atoms with E-state index in [-0.39, 0.29) is 0 Å². The summed E-state index contributed by atoms with van der Waals surface area (Å²) in [6, 6.07) is 7.23. The molecule has 0 unspecified atom stereocenters. The van der Waals surface area contributed by atoms with Crippen LogP contribution < -0.4 is 15.4 Å². The lowest BCUT2D eigenvalue weighted by molar-refractivity contribution is -0.139. The molecule has 0 spiro atoms. The maximum Gasteiger partial charge on any atom is 0.309 e. The smallest absolute Gasteiger partial charge is 0.309 e. The molecule has 0 saturated heterocycles. The maximum atomic E-state index is 11.4. The van der Waals surface area contributed by atoms with E-state index in [2.05, 4.69) is 10.6 Å². The van der Waals surface area contributed by atoms with Crippen LogP contribution in [-0.4, -0.2) is 39.2 Å². The Hall–Kier alpha value is -2.08. The summed E-state index contributed by atoms with van der Waals surface area (Å²) in [7, 11) is 3.11. The molecule has 0 aliphatic heterocycles. The van der Waals surface area contributed by atoms with Crippen LogP contribution in [0.3, 0.4) is 0 Å². The molecular weight excluding hydrogens is 248 g/mol. The van der Waals surface area contributed by atoms with Crippen molar-refractivity contribution in [1.29, 1.82) is 0 Å². The standard InChI is InChI=1S/C13H18N2O4/c1-18-8-7-14-12(16)13(17)15-9-10-3-5-11(19-2)6-4-10/h3-6H,7-9H2,1-2H3,(H,14,16)(H,15,17). The van der Waals surface area contributed by atoms with Gasteiger partial charge in [0.15, 0.2) is 0 Å². The van der Waals surface area contributed by atoms with Crippen LogP contribution >= 0.6 is 0 Å². The molecule has 0 radical (unpaired) electrons. The maximum absolute atomic E-state index is 11.4. The third-order valence-corrected chi connectivity index (χ3v) is 2.41. The molecule has 6 nitrogen and oxygen atoms in total. The molecule has 1 aromatic carbocycles. The van der Waals surface area contributed by atoms with Gasteiger partial charge in [-0.1, -0.05) is 12.1 Å². The Balaban J connectivity index is 2.34. The number of nitrogens with one attached hydrogen (secondary N) is 2. The van der Waals surface area contributed by atoms with Crippen molar-refractivity contribution in [3.63, 3.8) is 0 Å². The second-order valence-corrected chi connectivity index (χ2v) is 3.78. The quantitative estimate of drug-likeness (QED) is 0.564. The minimum Gasteiger partial charge on any atom is -0.497 e. The van der Waals surface area contributed by atoms with Gasteiger partial charge in [-0.3, -0.25) is 9.59 Å². The zero-order chi connectivity index (χ0) is 14.1. The minimum absolute atomic E-state index is 0.292. The summed E-state index contributed by atoms with van der Waals surface area (Å²) >= 11 is 0. The third-order valence-electron chi connectivity index (χ3n) is 2.41. The van der Waals surface area contributed by atoms with E-state index in [1.165, 1.54) is 7.11 Å². The molecule has 2 amide bonds. The number of carbonyl (C=O) groups is 2. The molecule has 1 aromatic rings. The predicted molar refractivity (Wildman–Crippen MR) is 69.7 cm³/mol. The summed E-state index contributed by atoms with van der Waals surface area (Å²) in [4.78, 5) is 22.8. The summed E-state index contributed by atoms with van der Waals surface area (Å²) < 4.78 is 9.79. The van der Waals surface area contributed by atoms with Gasteiger partial charge >= 0.3 is 11.8 Å². The number of hydrogen-bond acceptors (Lipinski definition) is 4. The van der Waals surface area contributed by atoms with Gasteiger partial charge in [-0.05, 0) is 17.7 Å². The molecule has 19 heavy (non-hydrogen) atoms. The zero-order valence-corrected chi connectivity index (χ0v) is 11.1. The number of carbonyl (C=O) groups excluding carboxylic acids is 2. The van der Waals surface area contributed by atoms with E-state index in [9.17, 15) is 9.59 Å². The second kappa shape index (κ2) is 8.10. The average molecular weight is 266 g/mol. The van der Waals surface area contributed by atoms with Crippen molar-refractivity contribution in [2.75, 3.05) is 27.4 Å². The first-order valence-electron chi connectivity index (χ1n) is 5.85. The van der Waals surface area contributed by atoms with Crippen molar-refractivity contribution in [3.8, 4) is 5.75 Å². The van der Waals surface area contributed by atoms with E-state index < -0.39 is 11.8 Å². The van der Waals surface area contributed by atoms with Crippen LogP contribution in [0.25, 0.3) is 0 Å². The fourth-order valence-corrected chi connectivity index (χ4v) is 1.35. The molecule has 2 N–H and O–H groups in total. The Morgan fingerprint density at radius 2 is 1.68 bits per heavy atom. The minimum atomic E-state index is -0.662. The zero-order valence-electron chi connectivity index (χ0n) is 11.1. The molecule has 0 fully saturated rings. The highest BCUT2D eigenvalue weighted by molar-refractivity contribution is 6.35. The lowest BCUT2D eigenvalue weighted by Crippen LogP contribution is -2.40. The lowest BCUT2D eigenvalue weighted by atomic mass is 10.2. The van der Waals surface area contributed by atoms with Gasteiger partial charge in [-0.2, -0.15) is 0 Å². The van der Waals surface area contributed by atoms with Gasteiger partial charge in [-0.15, -0.1) is 0 Å². The lowest BCUT2D eigenvalue weighted by Gasteiger charge is -2.07. The van der Waals surface area contributed by atoms with E-state index in [0.717, 1.165) is 11.3 Å². The number of methoxy groups -OCH3 is 2. The van der Waals surface area contributed by atoms with E-state index in [1.54, 1.807) is 19.2 Å². The number of amides is 2. The van der Waals surface area contributed by atoms with Crippen LogP contribution in [0.2, 0.25) is 0 Å². The SMILES string of the molecule is COCCNC(=O)C(=O)NCc1ccc(OC)cc1. The molecule has 0 heterocycles. The molecule has 104 valence electrons. The van der Waals surface area contributed by atoms with Gasteiger partial charge < -0.3 is 20.1 Å². The molecule has 6 heteroatoms. The second-order valence-electron chi connectivity index (χ2n) is 3.78. The molecule has 1 rings (SSSR count). The van der Waals surface area contributed by atoms with Gasteiger partial charge in [0.25, 0.3) is 0 Å². The van der Waals surface area contributed by atoms with Gasteiger partial charge in [0, 0.05) is 20.2 Å². The Labute approximate surface area is 112 Å². The largest absolute Gasteiger partial charge is 0.497 e.